The van der Waals surface area contributed by atoms with Gasteiger partial charge < -0.3 is 15.1 Å². The average molecular weight is 360 g/mol. The van der Waals surface area contributed by atoms with Gasteiger partial charge in [0, 0.05) is 23.0 Å². The van der Waals surface area contributed by atoms with Crippen molar-refractivity contribution in [2.24, 2.45) is 0 Å². The van der Waals surface area contributed by atoms with Crippen molar-refractivity contribution in [1.29, 1.82) is 0 Å². The predicted molar refractivity (Wildman–Crippen MR) is 107 cm³/mol. The minimum Gasteiger partial charge on any atom is -0.465 e. The number of carbonyl (C=O) groups is 2. The SMILES string of the molecule is CCc1ccccc1NC(=O)c1cccc(NC(=O)C=Cc2ccco2)c1. The Kier molecular flexibility index (Phi) is 5.84. The van der Waals surface area contributed by atoms with Crippen LogP contribution >= 0.6 is 0 Å². The summed E-state index contributed by atoms with van der Waals surface area (Å²) in [6, 6.07) is 18.0. The molecule has 0 atom stereocenters. The highest BCUT2D eigenvalue weighted by Crippen LogP contribution is 2.18. The summed E-state index contributed by atoms with van der Waals surface area (Å²) in [5.41, 5.74) is 2.87. The van der Waals surface area contributed by atoms with Crippen LogP contribution in [0.2, 0.25) is 0 Å². The Morgan fingerprint density at radius 3 is 2.63 bits per heavy atom. The Bertz CT molecular complexity index is 959. The smallest absolute Gasteiger partial charge is 0.255 e. The molecule has 5 heteroatoms. The van der Waals surface area contributed by atoms with Crippen molar-refractivity contribution in [3.63, 3.8) is 0 Å². The molecule has 0 saturated carbocycles. The fourth-order valence-electron chi connectivity index (χ4n) is 2.61. The molecule has 2 aromatic carbocycles. The van der Waals surface area contributed by atoms with Crippen molar-refractivity contribution in [3.8, 4) is 0 Å². The largest absolute Gasteiger partial charge is 0.465 e. The molecule has 0 aliphatic rings. The number of hydrogen-bond donors (Lipinski definition) is 2. The standard InChI is InChI=1S/C22H20N2O3/c1-2-16-7-3-4-11-20(16)24-22(26)17-8-5-9-18(15-17)23-21(25)13-12-19-10-6-14-27-19/h3-15H,2H2,1H3,(H,23,25)(H,24,26). The monoisotopic (exact) mass is 360 g/mol. The third-order valence-corrected chi connectivity index (χ3v) is 3.98. The first-order valence-corrected chi connectivity index (χ1v) is 8.67. The number of carbonyl (C=O) groups excluding carboxylic acids is 2. The molecule has 0 saturated heterocycles. The number of benzene rings is 2. The molecule has 3 aromatic rings. The third-order valence-electron chi connectivity index (χ3n) is 3.98. The molecule has 2 amide bonds. The van der Waals surface area contributed by atoms with E-state index in [1.807, 2.05) is 31.2 Å². The van der Waals surface area contributed by atoms with Gasteiger partial charge in [-0.1, -0.05) is 31.2 Å². The summed E-state index contributed by atoms with van der Waals surface area (Å²) in [4.78, 5) is 24.6. The zero-order valence-electron chi connectivity index (χ0n) is 14.9. The van der Waals surface area contributed by atoms with Crippen molar-refractivity contribution >= 4 is 29.3 Å². The molecule has 1 heterocycles. The number of anilines is 2. The molecule has 1 aromatic heterocycles. The van der Waals surface area contributed by atoms with Crippen molar-refractivity contribution in [2.45, 2.75) is 13.3 Å². The molecular formula is C22H20N2O3. The molecule has 0 bridgehead atoms. The Morgan fingerprint density at radius 1 is 1.00 bits per heavy atom. The summed E-state index contributed by atoms with van der Waals surface area (Å²) in [5, 5.41) is 5.66. The Labute approximate surface area is 157 Å². The van der Waals surface area contributed by atoms with Gasteiger partial charge in [-0.2, -0.15) is 0 Å². The van der Waals surface area contributed by atoms with Crippen molar-refractivity contribution in [2.75, 3.05) is 10.6 Å². The minimum atomic E-state index is -0.305. The van der Waals surface area contributed by atoms with Crippen LogP contribution < -0.4 is 10.6 Å². The van der Waals surface area contributed by atoms with Gasteiger partial charge in [0.25, 0.3) is 5.91 Å². The number of para-hydroxylation sites is 1. The van der Waals surface area contributed by atoms with Crippen LogP contribution in [-0.4, -0.2) is 11.8 Å². The topological polar surface area (TPSA) is 71.3 Å². The molecule has 0 fully saturated rings. The maximum Gasteiger partial charge on any atom is 0.255 e. The Balaban J connectivity index is 1.67. The highest BCUT2D eigenvalue weighted by molar-refractivity contribution is 6.06. The van der Waals surface area contributed by atoms with E-state index < -0.39 is 0 Å². The fourth-order valence-corrected chi connectivity index (χ4v) is 2.61. The second-order valence-electron chi connectivity index (χ2n) is 5.88. The lowest BCUT2D eigenvalue weighted by Crippen LogP contribution is -2.14. The molecule has 136 valence electrons. The summed E-state index contributed by atoms with van der Waals surface area (Å²) in [6.45, 7) is 2.04. The molecule has 5 nitrogen and oxygen atoms in total. The van der Waals surface area contributed by atoms with Gasteiger partial charge in [0.2, 0.25) is 5.91 Å². The molecule has 0 aliphatic carbocycles. The summed E-state index contributed by atoms with van der Waals surface area (Å²) in [6.07, 6.45) is 5.32. The molecular weight excluding hydrogens is 340 g/mol. The molecule has 27 heavy (non-hydrogen) atoms. The molecule has 0 aliphatic heterocycles. The van der Waals surface area contributed by atoms with Gasteiger partial charge in [0.05, 0.1) is 6.26 Å². The maximum atomic E-state index is 12.6. The van der Waals surface area contributed by atoms with Crippen LogP contribution in [0.1, 0.15) is 28.6 Å². The van der Waals surface area contributed by atoms with E-state index in [1.165, 1.54) is 12.3 Å². The van der Waals surface area contributed by atoms with E-state index in [2.05, 4.69) is 10.6 Å². The van der Waals surface area contributed by atoms with Crippen molar-refractivity contribution in [3.05, 3.63) is 89.9 Å². The zero-order valence-corrected chi connectivity index (χ0v) is 14.9. The van der Waals surface area contributed by atoms with Gasteiger partial charge in [0.1, 0.15) is 5.76 Å². The van der Waals surface area contributed by atoms with Gasteiger partial charge >= 0.3 is 0 Å². The van der Waals surface area contributed by atoms with E-state index in [9.17, 15) is 9.59 Å². The van der Waals surface area contributed by atoms with Crippen LogP contribution in [0.25, 0.3) is 6.08 Å². The van der Waals surface area contributed by atoms with Gasteiger partial charge in [-0.25, -0.2) is 0 Å². The summed E-state index contributed by atoms with van der Waals surface area (Å²) < 4.78 is 5.14. The second-order valence-corrected chi connectivity index (χ2v) is 5.88. The number of aryl methyl sites for hydroxylation is 1. The van der Waals surface area contributed by atoms with Gasteiger partial charge in [-0.3, -0.25) is 9.59 Å². The number of furan rings is 1. The summed E-state index contributed by atoms with van der Waals surface area (Å²) in [7, 11) is 0. The molecule has 0 unspecified atom stereocenters. The van der Waals surface area contributed by atoms with E-state index in [0.717, 1.165) is 17.7 Å². The number of hydrogen-bond acceptors (Lipinski definition) is 3. The van der Waals surface area contributed by atoms with Gasteiger partial charge in [-0.15, -0.1) is 0 Å². The van der Waals surface area contributed by atoms with E-state index in [-0.39, 0.29) is 11.8 Å². The molecule has 3 rings (SSSR count). The highest BCUT2D eigenvalue weighted by atomic mass is 16.3. The number of amides is 2. The van der Waals surface area contributed by atoms with E-state index in [1.54, 1.807) is 42.5 Å². The quantitative estimate of drug-likeness (QED) is 0.623. The van der Waals surface area contributed by atoms with Crippen LogP contribution in [0.3, 0.4) is 0 Å². The predicted octanol–water partition coefficient (Wildman–Crippen LogP) is 4.75. The molecule has 0 radical (unpaired) electrons. The summed E-state index contributed by atoms with van der Waals surface area (Å²) in [5.74, 6) is 0.0614. The van der Waals surface area contributed by atoms with Gasteiger partial charge in [0.15, 0.2) is 0 Å². The van der Waals surface area contributed by atoms with Crippen LogP contribution in [0.4, 0.5) is 11.4 Å². The first-order chi connectivity index (χ1) is 13.2. The van der Waals surface area contributed by atoms with E-state index in [0.29, 0.717) is 17.0 Å². The lowest BCUT2D eigenvalue weighted by atomic mass is 10.1. The number of rotatable bonds is 6. The van der Waals surface area contributed by atoms with Crippen molar-refractivity contribution < 1.29 is 14.0 Å². The van der Waals surface area contributed by atoms with Crippen LogP contribution in [0.15, 0.2) is 77.4 Å². The molecule has 2 N–H and O–H groups in total. The van der Waals surface area contributed by atoms with Crippen LogP contribution in [0, 0.1) is 0 Å². The minimum absolute atomic E-state index is 0.224. The molecule has 0 spiro atoms. The van der Waals surface area contributed by atoms with Gasteiger partial charge in [-0.05, 0) is 54.5 Å². The van der Waals surface area contributed by atoms with Crippen molar-refractivity contribution in [1.82, 2.24) is 0 Å². The third kappa shape index (κ3) is 4.95. The number of nitrogens with one attached hydrogen (secondary N) is 2. The summed E-state index contributed by atoms with van der Waals surface area (Å²) >= 11 is 0. The Morgan fingerprint density at radius 2 is 1.85 bits per heavy atom. The lowest BCUT2D eigenvalue weighted by Gasteiger charge is -2.10. The first kappa shape index (κ1) is 18.2. The van der Waals surface area contributed by atoms with Crippen LogP contribution in [0.5, 0.6) is 0 Å². The maximum absolute atomic E-state index is 12.6. The normalized spacial score (nSPS) is 10.7. The fraction of sp³-hybridized carbons (Fsp3) is 0.0909. The zero-order chi connectivity index (χ0) is 19.1. The Hall–Kier alpha value is -3.60. The lowest BCUT2D eigenvalue weighted by molar-refractivity contribution is -0.111. The van der Waals surface area contributed by atoms with E-state index >= 15 is 0 Å². The van der Waals surface area contributed by atoms with Crippen LogP contribution in [-0.2, 0) is 11.2 Å². The van der Waals surface area contributed by atoms with E-state index in [4.69, 9.17) is 4.42 Å². The average Bonchev–Trinajstić information content (AvgIpc) is 3.21. The second kappa shape index (κ2) is 8.67. The first-order valence-electron chi connectivity index (χ1n) is 8.67. The highest BCUT2D eigenvalue weighted by Gasteiger charge is 2.09.